The molecule has 1 aliphatic rings. The lowest BCUT2D eigenvalue weighted by Gasteiger charge is -2.28. The predicted octanol–water partition coefficient (Wildman–Crippen LogP) is 2.20. The number of halogens is 1. The molecule has 0 aliphatic carbocycles. The van der Waals surface area contributed by atoms with Gasteiger partial charge in [-0.05, 0) is 42.0 Å². The summed E-state index contributed by atoms with van der Waals surface area (Å²) < 4.78 is 18.2. The number of Topliss-reactive ketones (excluding diaryl/α,β-unsaturated/α-hetero) is 1. The minimum absolute atomic E-state index is 0.101. The molecule has 2 aromatic rings. The molecule has 0 spiro atoms. The Bertz CT molecular complexity index is 754. The van der Waals surface area contributed by atoms with Gasteiger partial charge in [-0.1, -0.05) is 12.1 Å². The van der Waals surface area contributed by atoms with Crippen molar-refractivity contribution in [1.29, 1.82) is 0 Å². The average molecular weight is 356 g/mol. The number of benzene rings is 2. The van der Waals surface area contributed by atoms with Gasteiger partial charge in [0.1, 0.15) is 5.82 Å². The quantitative estimate of drug-likeness (QED) is 0.807. The second kappa shape index (κ2) is 8.58. The molecule has 0 aromatic heterocycles. The fourth-order valence-electron chi connectivity index (χ4n) is 2.81. The van der Waals surface area contributed by atoms with Crippen molar-refractivity contribution in [3.05, 3.63) is 65.5 Å². The second-order valence-electron chi connectivity index (χ2n) is 6.15. The maximum Gasteiger partial charge on any atom is 0.224 e. The average Bonchev–Trinajstić information content (AvgIpc) is 2.68. The van der Waals surface area contributed by atoms with Crippen molar-refractivity contribution in [3.8, 4) is 0 Å². The molecule has 6 heteroatoms. The number of hydrogen-bond donors (Lipinski definition) is 1. The van der Waals surface area contributed by atoms with Gasteiger partial charge in [-0.25, -0.2) is 4.39 Å². The van der Waals surface area contributed by atoms with Gasteiger partial charge in [0.15, 0.2) is 5.78 Å². The van der Waals surface area contributed by atoms with Crippen LogP contribution in [0.15, 0.2) is 48.5 Å². The number of carbonyl (C=O) groups is 2. The normalized spacial score (nSPS) is 14.1. The molecular weight excluding hydrogens is 335 g/mol. The van der Waals surface area contributed by atoms with Gasteiger partial charge in [-0.2, -0.15) is 0 Å². The van der Waals surface area contributed by atoms with Crippen LogP contribution in [0.4, 0.5) is 10.1 Å². The maximum atomic E-state index is 12.9. The van der Waals surface area contributed by atoms with E-state index in [1.807, 2.05) is 24.3 Å². The Morgan fingerprint density at radius 3 is 2.31 bits per heavy atom. The molecule has 0 saturated carbocycles. The highest BCUT2D eigenvalue weighted by molar-refractivity contribution is 5.99. The van der Waals surface area contributed by atoms with Crippen LogP contribution in [0, 0.1) is 5.82 Å². The van der Waals surface area contributed by atoms with Crippen molar-refractivity contribution in [2.45, 2.75) is 6.42 Å². The largest absolute Gasteiger partial charge is 0.378 e. The number of carbonyl (C=O) groups excluding carboxylic acids is 2. The van der Waals surface area contributed by atoms with Crippen molar-refractivity contribution in [1.82, 2.24) is 5.32 Å². The van der Waals surface area contributed by atoms with Crippen LogP contribution in [-0.4, -0.2) is 44.5 Å². The molecule has 0 atom stereocenters. The Balaban J connectivity index is 1.48. The van der Waals surface area contributed by atoms with E-state index in [1.54, 1.807) is 0 Å². The van der Waals surface area contributed by atoms with Gasteiger partial charge in [-0.3, -0.25) is 9.59 Å². The Morgan fingerprint density at radius 2 is 1.65 bits per heavy atom. The summed E-state index contributed by atoms with van der Waals surface area (Å²) in [5.74, 6) is -0.869. The van der Waals surface area contributed by atoms with Crippen LogP contribution in [0.5, 0.6) is 0 Å². The Morgan fingerprint density at radius 1 is 1.00 bits per heavy atom. The van der Waals surface area contributed by atoms with Gasteiger partial charge in [-0.15, -0.1) is 0 Å². The zero-order valence-corrected chi connectivity index (χ0v) is 14.4. The molecule has 0 bridgehead atoms. The Labute approximate surface area is 151 Å². The van der Waals surface area contributed by atoms with Gasteiger partial charge in [0.25, 0.3) is 0 Å². The highest BCUT2D eigenvalue weighted by atomic mass is 19.1. The topological polar surface area (TPSA) is 58.6 Å². The molecule has 1 saturated heterocycles. The van der Waals surface area contributed by atoms with Crippen LogP contribution in [0.1, 0.15) is 15.9 Å². The maximum absolute atomic E-state index is 12.9. The first kappa shape index (κ1) is 18.1. The van der Waals surface area contributed by atoms with Crippen LogP contribution in [-0.2, 0) is 16.0 Å². The number of ketones is 1. The first-order valence-corrected chi connectivity index (χ1v) is 8.59. The lowest BCUT2D eigenvalue weighted by molar-refractivity contribution is -0.120. The van der Waals surface area contributed by atoms with Crippen molar-refractivity contribution >= 4 is 17.4 Å². The first-order valence-electron chi connectivity index (χ1n) is 8.59. The van der Waals surface area contributed by atoms with Crippen LogP contribution >= 0.6 is 0 Å². The van der Waals surface area contributed by atoms with E-state index in [9.17, 15) is 14.0 Å². The number of rotatable bonds is 6. The number of nitrogens with zero attached hydrogens (tertiary/aromatic N) is 1. The monoisotopic (exact) mass is 356 g/mol. The Hall–Kier alpha value is -2.73. The SMILES string of the molecule is O=C(Cc1ccc(N2CCOCC2)cc1)NCC(=O)c1ccc(F)cc1. The van der Waals surface area contributed by atoms with E-state index in [4.69, 9.17) is 4.74 Å². The fraction of sp³-hybridized carbons (Fsp3) is 0.300. The van der Waals surface area contributed by atoms with Gasteiger partial charge < -0.3 is 15.0 Å². The van der Waals surface area contributed by atoms with Crippen LogP contribution in [0.3, 0.4) is 0 Å². The molecule has 1 heterocycles. The summed E-state index contributed by atoms with van der Waals surface area (Å²) in [5.41, 5.74) is 2.37. The zero-order chi connectivity index (χ0) is 18.4. The molecule has 136 valence electrons. The van der Waals surface area contributed by atoms with Crippen LogP contribution in [0.2, 0.25) is 0 Å². The second-order valence-corrected chi connectivity index (χ2v) is 6.15. The van der Waals surface area contributed by atoms with E-state index in [0.717, 1.165) is 37.6 Å². The van der Waals surface area contributed by atoms with E-state index in [-0.39, 0.29) is 24.7 Å². The van der Waals surface area contributed by atoms with Gasteiger partial charge in [0.05, 0.1) is 26.2 Å². The summed E-state index contributed by atoms with van der Waals surface area (Å²) in [5, 5.41) is 2.61. The van der Waals surface area contributed by atoms with Gasteiger partial charge in [0, 0.05) is 24.3 Å². The summed E-state index contributed by atoms with van der Waals surface area (Å²) in [6, 6.07) is 13.1. The highest BCUT2D eigenvalue weighted by Gasteiger charge is 2.12. The van der Waals surface area contributed by atoms with Crippen molar-refractivity contribution in [2.24, 2.45) is 0 Å². The summed E-state index contributed by atoms with van der Waals surface area (Å²) in [6.45, 7) is 3.09. The molecule has 2 aromatic carbocycles. The molecule has 1 amide bonds. The van der Waals surface area contributed by atoms with E-state index in [1.165, 1.54) is 24.3 Å². The molecule has 1 aliphatic heterocycles. The molecule has 1 fully saturated rings. The predicted molar refractivity (Wildman–Crippen MR) is 96.9 cm³/mol. The molecule has 3 rings (SSSR count). The number of nitrogens with one attached hydrogen (secondary N) is 1. The molecule has 1 N–H and O–H groups in total. The van der Waals surface area contributed by atoms with E-state index >= 15 is 0 Å². The third-order valence-corrected chi connectivity index (χ3v) is 4.29. The third kappa shape index (κ3) is 4.89. The van der Waals surface area contributed by atoms with Crippen molar-refractivity contribution in [2.75, 3.05) is 37.7 Å². The first-order chi connectivity index (χ1) is 12.6. The zero-order valence-electron chi connectivity index (χ0n) is 14.4. The summed E-state index contributed by atoms with van der Waals surface area (Å²) in [4.78, 5) is 26.3. The lowest BCUT2D eigenvalue weighted by Crippen LogP contribution is -2.36. The number of amides is 1. The molecule has 26 heavy (non-hydrogen) atoms. The van der Waals surface area contributed by atoms with Crippen LogP contribution in [0.25, 0.3) is 0 Å². The van der Waals surface area contributed by atoms with Crippen molar-refractivity contribution < 1.29 is 18.7 Å². The smallest absolute Gasteiger partial charge is 0.224 e. The van der Waals surface area contributed by atoms with Crippen LogP contribution < -0.4 is 10.2 Å². The van der Waals surface area contributed by atoms with Gasteiger partial charge >= 0.3 is 0 Å². The van der Waals surface area contributed by atoms with E-state index < -0.39 is 5.82 Å². The summed E-state index contributed by atoms with van der Waals surface area (Å²) in [6.07, 6.45) is 0.208. The van der Waals surface area contributed by atoms with Gasteiger partial charge in [0.2, 0.25) is 5.91 Å². The fourth-order valence-corrected chi connectivity index (χ4v) is 2.81. The molecule has 0 unspecified atom stereocenters. The number of morpholine rings is 1. The minimum Gasteiger partial charge on any atom is -0.378 e. The lowest BCUT2D eigenvalue weighted by atomic mass is 10.1. The Kier molecular flexibility index (Phi) is 5.96. The van der Waals surface area contributed by atoms with E-state index in [0.29, 0.717) is 5.56 Å². The molecular formula is C20H21FN2O3. The highest BCUT2D eigenvalue weighted by Crippen LogP contribution is 2.16. The summed E-state index contributed by atoms with van der Waals surface area (Å²) in [7, 11) is 0. The number of hydrogen-bond acceptors (Lipinski definition) is 4. The molecule has 0 radical (unpaired) electrons. The minimum atomic E-state index is -0.397. The summed E-state index contributed by atoms with van der Waals surface area (Å²) >= 11 is 0. The number of anilines is 1. The molecule has 5 nitrogen and oxygen atoms in total. The number of ether oxygens (including phenoxy) is 1. The van der Waals surface area contributed by atoms with E-state index in [2.05, 4.69) is 10.2 Å². The third-order valence-electron chi connectivity index (χ3n) is 4.29. The van der Waals surface area contributed by atoms with Crippen molar-refractivity contribution in [3.63, 3.8) is 0 Å². The standard InChI is InChI=1S/C20H21FN2O3/c21-17-5-3-16(4-6-17)19(24)14-22-20(25)13-15-1-7-18(8-2-15)23-9-11-26-12-10-23/h1-8H,9-14H2,(H,22,25).